The second-order valence-corrected chi connectivity index (χ2v) is 4.70. The molecule has 3 aromatic rings. The highest BCUT2D eigenvalue weighted by molar-refractivity contribution is 5.85. The van der Waals surface area contributed by atoms with Crippen molar-refractivity contribution in [2.75, 3.05) is 7.11 Å². The van der Waals surface area contributed by atoms with Crippen molar-refractivity contribution in [2.24, 2.45) is 0 Å². The van der Waals surface area contributed by atoms with E-state index in [-0.39, 0.29) is 18.2 Å². The Hall–Kier alpha value is -3.42. The first kappa shape index (κ1) is 15.5. The number of methoxy groups -OCH3 is 1. The first-order chi connectivity index (χ1) is 11.7. The largest absolute Gasteiger partial charge is 0.618 e. The van der Waals surface area contributed by atoms with Crippen molar-refractivity contribution in [2.45, 2.75) is 6.61 Å². The van der Waals surface area contributed by atoms with E-state index >= 15 is 0 Å². The molecule has 0 unspecified atom stereocenters. The predicted molar refractivity (Wildman–Crippen MR) is 80.8 cm³/mol. The first-order valence-corrected chi connectivity index (χ1v) is 7.00. The number of aromatic nitrogens is 3. The topological polar surface area (TPSA) is 101 Å². The van der Waals surface area contributed by atoms with Gasteiger partial charge in [-0.25, -0.2) is 4.79 Å². The summed E-state index contributed by atoms with van der Waals surface area (Å²) in [5, 5.41) is 15.3. The summed E-state index contributed by atoms with van der Waals surface area (Å²) in [6, 6.07) is 11.6. The van der Waals surface area contributed by atoms with Gasteiger partial charge in [-0.15, -0.1) is 0 Å². The maximum absolute atomic E-state index is 11.9. The van der Waals surface area contributed by atoms with Crippen molar-refractivity contribution in [1.82, 2.24) is 10.1 Å². The Morgan fingerprint density at radius 1 is 1.25 bits per heavy atom. The molecule has 8 heteroatoms. The van der Waals surface area contributed by atoms with Gasteiger partial charge < -0.3 is 19.2 Å². The SMILES string of the molecule is COc1ccccc1-c1noc(COC(=O)c2cccc[n+]2[O-])n1. The van der Waals surface area contributed by atoms with Gasteiger partial charge in [-0.1, -0.05) is 17.3 Å². The minimum absolute atomic E-state index is 0.109. The third-order valence-electron chi connectivity index (χ3n) is 3.18. The number of hydrogen-bond acceptors (Lipinski definition) is 7. The van der Waals surface area contributed by atoms with E-state index in [0.29, 0.717) is 21.9 Å². The second-order valence-electron chi connectivity index (χ2n) is 4.70. The molecule has 0 fully saturated rings. The van der Waals surface area contributed by atoms with E-state index in [4.69, 9.17) is 14.0 Å². The minimum atomic E-state index is -0.775. The highest BCUT2D eigenvalue weighted by Gasteiger charge is 2.19. The summed E-state index contributed by atoms with van der Waals surface area (Å²) < 4.78 is 15.7. The molecule has 0 N–H and O–H groups in total. The van der Waals surface area contributed by atoms with Crippen LogP contribution in [0.15, 0.2) is 53.2 Å². The van der Waals surface area contributed by atoms with Crippen molar-refractivity contribution in [3.63, 3.8) is 0 Å². The molecular formula is C16H13N3O5. The number of esters is 1. The molecule has 0 amide bonds. The van der Waals surface area contributed by atoms with Gasteiger partial charge in [-0.3, -0.25) is 0 Å². The fourth-order valence-corrected chi connectivity index (χ4v) is 2.04. The molecular weight excluding hydrogens is 314 g/mol. The van der Waals surface area contributed by atoms with Crippen LogP contribution < -0.4 is 9.47 Å². The summed E-state index contributed by atoms with van der Waals surface area (Å²) in [5.41, 5.74) is 0.531. The zero-order valence-corrected chi connectivity index (χ0v) is 12.7. The van der Waals surface area contributed by atoms with E-state index in [0.717, 1.165) is 0 Å². The fraction of sp³-hybridized carbons (Fsp3) is 0.125. The Labute approximate surface area is 136 Å². The predicted octanol–water partition coefficient (Wildman–Crippen LogP) is 1.74. The van der Waals surface area contributed by atoms with Crippen LogP contribution in [0.1, 0.15) is 16.4 Å². The Morgan fingerprint density at radius 2 is 2.04 bits per heavy atom. The van der Waals surface area contributed by atoms with Gasteiger partial charge in [0.2, 0.25) is 5.82 Å². The molecule has 0 saturated carbocycles. The summed E-state index contributed by atoms with van der Waals surface area (Å²) in [6.45, 7) is -0.240. The quantitative estimate of drug-likeness (QED) is 0.399. The molecule has 0 bridgehead atoms. The van der Waals surface area contributed by atoms with Crippen LogP contribution in [0.4, 0.5) is 0 Å². The lowest BCUT2D eigenvalue weighted by Gasteiger charge is -2.03. The second kappa shape index (κ2) is 6.78. The summed E-state index contributed by atoms with van der Waals surface area (Å²) in [7, 11) is 1.54. The molecule has 0 aliphatic heterocycles. The highest BCUT2D eigenvalue weighted by Crippen LogP contribution is 2.27. The molecule has 0 spiro atoms. The summed E-state index contributed by atoms with van der Waals surface area (Å²) >= 11 is 0. The van der Waals surface area contributed by atoms with Crippen molar-refractivity contribution < 1.29 is 23.5 Å². The van der Waals surface area contributed by atoms with E-state index < -0.39 is 5.97 Å². The van der Waals surface area contributed by atoms with Gasteiger partial charge in [0, 0.05) is 12.1 Å². The minimum Gasteiger partial charge on any atom is -0.618 e. The van der Waals surface area contributed by atoms with Crippen molar-refractivity contribution in [3.05, 3.63) is 65.5 Å². The van der Waals surface area contributed by atoms with Crippen LogP contribution in [0.25, 0.3) is 11.4 Å². The number of ether oxygens (including phenoxy) is 2. The number of pyridine rings is 1. The van der Waals surface area contributed by atoms with Crippen LogP contribution in [-0.4, -0.2) is 23.2 Å². The maximum atomic E-state index is 11.9. The van der Waals surface area contributed by atoms with Crippen molar-refractivity contribution in [3.8, 4) is 17.1 Å². The van der Waals surface area contributed by atoms with Crippen molar-refractivity contribution >= 4 is 5.97 Å². The van der Waals surface area contributed by atoms with E-state index in [1.807, 2.05) is 12.1 Å². The molecule has 0 aliphatic rings. The monoisotopic (exact) mass is 327 g/mol. The van der Waals surface area contributed by atoms with Gasteiger partial charge in [0.25, 0.3) is 5.89 Å². The number of para-hydroxylation sites is 1. The zero-order chi connectivity index (χ0) is 16.9. The first-order valence-electron chi connectivity index (χ1n) is 7.00. The van der Waals surface area contributed by atoms with Crippen LogP contribution >= 0.6 is 0 Å². The summed E-state index contributed by atoms with van der Waals surface area (Å²) in [5.74, 6) is 0.246. The van der Waals surface area contributed by atoms with Crippen molar-refractivity contribution in [1.29, 1.82) is 0 Å². The average Bonchev–Trinajstić information content (AvgIpc) is 3.09. The number of benzene rings is 1. The molecule has 0 aliphatic carbocycles. The lowest BCUT2D eigenvalue weighted by Crippen LogP contribution is -2.34. The Morgan fingerprint density at radius 3 is 2.83 bits per heavy atom. The van der Waals surface area contributed by atoms with Crippen LogP contribution in [0.2, 0.25) is 0 Å². The zero-order valence-electron chi connectivity index (χ0n) is 12.7. The normalized spacial score (nSPS) is 10.4. The van der Waals surface area contributed by atoms with Gasteiger partial charge in [0.05, 0.1) is 12.7 Å². The van der Waals surface area contributed by atoms with E-state index in [9.17, 15) is 10.0 Å². The highest BCUT2D eigenvalue weighted by atomic mass is 16.6. The van der Waals surface area contributed by atoms with Crippen LogP contribution in [0.3, 0.4) is 0 Å². The van der Waals surface area contributed by atoms with Gasteiger partial charge in [-0.2, -0.15) is 9.71 Å². The van der Waals surface area contributed by atoms with E-state index in [1.165, 1.54) is 18.3 Å². The Balaban J connectivity index is 1.71. The molecule has 0 atom stereocenters. The molecule has 3 rings (SSSR count). The van der Waals surface area contributed by atoms with Gasteiger partial charge in [-0.05, 0) is 18.2 Å². The molecule has 2 heterocycles. The standard InChI is InChI=1S/C16H13N3O5/c1-22-13-8-3-2-6-11(13)15-17-14(24-18-15)10-23-16(20)12-7-4-5-9-19(12)21/h2-9H,10H2,1H3. The third kappa shape index (κ3) is 3.17. The summed E-state index contributed by atoms with van der Waals surface area (Å²) in [6.07, 6.45) is 1.21. The van der Waals surface area contributed by atoms with Gasteiger partial charge in [0.1, 0.15) is 5.75 Å². The molecule has 0 radical (unpaired) electrons. The maximum Gasteiger partial charge on any atom is 0.405 e. The number of carbonyl (C=O) groups excluding carboxylic acids is 1. The van der Waals surface area contributed by atoms with E-state index in [2.05, 4.69) is 10.1 Å². The lowest BCUT2D eigenvalue weighted by atomic mass is 10.2. The smallest absolute Gasteiger partial charge is 0.405 e. The van der Waals surface area contributed by atoms with Crippen LogP contribution in [0.5, 0.6) is 5.75 Å². The van der Waals surface area contributed by atoms with Gasteiger partial charge in [0.15, 0.2) is 12.8 Å². The number of rotatable bonds is 5. The Kier molecular flexibility index (Phi) is 4.37. The molecule has 0 saturated heterocycles. The number of carbonyl (C=O) groups is 1. The van der Waals surface area contributed by atoms with Crippen LogP contribution in [0, 0.1) is 5.21 Å². The van der Waals surface area contributed by atoms with Crippen LogP contribution in [-0.2, 0) is 11.3 Å². The third-order valence-corrected chi connectivity index (χ3v) is 3.18. The molecule has 1 aromatic carbocycles. The molecule has 2 aromatic heterocycles. The molecule has 122 valence electrons. The number of nitrogens with zero attached hydrogens (tertiary/aromatic N) is 3. The van der Waals surface area contributed by atoms with Gasteiger partial charge >= 0.3 is 11.7 Å². The molecule has 24 heavy (non-hydrogen) atoms. The Bertz CT molecular complexity index is 862. The fourth-order valence-electron chi connectivity index (χ4n) is 2.04. The molecule has 8 nitrogen and oxygen atoms in total. The van der Waals surface area contributed by atoms with E-state index in [1.54, 1.807) is 25.3 Å². The lowest BCUT2D eigenvalue weighted by molar-refractivity contribution is -0.608. The number of hydrogen-bond donors (Lipinski definition) is 0. The summed E-state index contributed by atoms with van der Waals surface area (Å²) in [4.78, 5) is 16.0. The average molecular weight is 327 g/mol.